The van der Waals surface area contributed by atoms with Crippen molar-refractivity contribution in [3.63, 3.8) is 0 Å². The number of rotatable bonds is 7. The Morgan fingerprint density at radius 1 is 1.22 bits per heavy atom. The van der Waals surface area contributed by atoms with Gasteiger partial charge >= 0.3 is 0 Å². The van der Waals surface area contributed by atoms with Crippen molar-refractivity contribution in [1.82, 2.24) is 5.32 Å². The van der Waals surface area contributed by atoms with Crippen molar-refractivity contribution < 1.29 is 5.11 Å². The first-order valence-corrected chi connectivity index (χ1v) is 7.52. The van der Waals surface area contributed by atoms with Gasteiger partial charge in [0.15, 0.2) is 0 Å². The summed E-state index contributed by atoms with van der Waals surface area (Å²) in [6.45, 7) is 9.16. The smallest absolute Gasteiger partial charge is 0.0431 e. The summed E-state index contributed by atoms with van der Waals surface area (Å²) in [6, 6.07) is 0. The van der Waals surface area contributed by atoms with Crippen LogP contribution in [0.3, 0.4) is 0 Å². The fraction of sp³-hybridized carbons (Fsp3) is 1.00. The monoisotopic (exact) mass is 256 g/mol. The molecule has 0 heterocycles. The second-order valence-electron chi connectivity index (χ2n) is 6.84. The van der Waals surface area contributed by atoms with Crippen LogP contribution in [-0.4, -0.2) is 30.3 Å². The van der Waals surface area contributed by atoms with Crippen LogP contribution in [0.2, 0.25) is 0 Å². The zero-order valence-electron chi connectivity index (χ0n) is 12.5. The van der Waals surface area contributed by atoms with Gasteiger partial charge in [-0.15, -0.1) is 0 Å². The van der Waals surface area contributed by atoms with E-state index >= 15 is 0 Å². The molecule has 1 rings (SSSR count). The van der Waals surface area contributed by atoms with Crippen LogP contribution >= 0.6 is 0 Å². The number of aliphatic hydroxyl groups is 1. The van der Waals surface area contributed by atoms with Gasteiger partial charge in [0.1, 0.15) is 0 Å². The van der Waals surface area contributed by atoms with Gasteiger partial charge in [0.05, 0.1) is 0 Å². The predicted molar refractivity (Wildman–Crippen MR) is 77.5 cm³/mol. The van der Waals surface area contributed by atoms with Crippen LogP contribution in [0.15, 0.2) is 0 Å². The molecular formula is C15H32N2O. The standard InChI is InChI=1S/C15H32N2O/c1-13-11-14(2,3)7-8-15(13,12-16)17-9-5-4-6-10-18/h13,17-18H,4-12,16H2,1-3H3. The molecule has 3 nitrogen and oxygen atoms in total. The highest BCUT2D eigenvalue weighted by molar-refractivity contribution is 5.00. The Labute approximate surface area is 113 Å². The number of aliphatic hydroxyl groups excluding tert-OH is 1. The topological polar surface area (TPSA) is 58.3 Å². The van der Waals surface area contributed by atoms with Gasteiger partial charge in [0, 0.05) is 18.7 Å². The fourth-order valence-corrected chi connectivity index (χ4v) is 3.32. The highest BCUT2D eigenvalue weighted by Crippen LogP contribution is 2.43. The van der Waals surface area contributed by atoms with E-state index in [0.29, 0.717) is 17.9 Å². The lowest BCUT2D eigenvalue weighted by Crippen LogP contribution is -2.59. The van der Waals surface area contributed by atoms with Gasteiger partial charge < -0.3 is 16.2 Å². The molecule has 0 aromatic carbocycles. The van der Waals surface area contributed by atoms with Crippen molar-refractivity contribution in [2.75, 3.05) is 19.7 Å². The molecule has 0 bridgehead atoms. The molecule has 0 aromatic heterocycles. The van der Waals surface area contributed by atoms with Crippen LogP contribution < -0.4 is 11.1 Å². The van der Waals surface area contributed by atoms with Gasteiger partial charge in [-0.25, -0.2) is 0 Å². The Kier molecular flexibility index (Phi) is 6.09. The van der Waals surface area contributed by atoms with Crippen LogP contribution in [0.5, 0.6) is 0 Å². The lowest BCUT2D eigenvalue weighted by Gasteiger charge is -2.48. The Morgan fingerprint density at radius 3 is 2.50 bits per heavy atom. The fourth-order valence-electron chi connectivity index (χ4n) is 3.32. The average Bonchev–Trinajstić information content (AvgIpc) is 2.31. The molecule has 1 aliphatic carbocycles. The van der Waals surface area contributed by atoms with Crippen LogP contribution in [0.4, 0.5) is 0 Å². The Balaban J connectivity index is 2.43. The van der Waals surface area contributed by atoms with Gasteiger partial charge in [-0.2, -0.15) is 0 Å². The zero-order valence-corrected chi connectivity index (χ0v) is 12.5. The second kappa shape index (κ2) is 6.88. The van der Waals surface area contributed by atoms with E-state index in [-0.39, 0.29) is 5.54 Å². The van der Waals surface area contributed by atoms with E-state index in [0.717, 1.165) is 32.4 Å². The largest absolute Gasteiger partial charge is 0.396 e. The third kappa shape index (κ3) is 4.22. The van der Waals surface area contributed by atoms with Gasteiger partial charge in [-0.05, 0) is 56.4 Å². The van der Waals surface area contributed by atoms with E-state index in [9.17, 15) is 0 Å². The first-order valence-electron chi connectivity index (χ1n) is 7.52. The summed E-state index contributed by atoms with van der Waals surface area (Å²) in [6.07, 6.45) is 6.87. The van der Waals surface area contributed by atoms with Crippen molar-refractivity contribution in [3.8, 4) is 0 Å². The van der Waals surface area contributed by atoms with Crippen LogP contribution in [0.25, 0.3) is 0 Å². The van der Waals surface area contributed by atoms with Crippen LogP contribution in [0, 0.1) is 11.3 Å². The molecule has 108 valence electrons. The van der Waals surface area contributed by atoms with Crippen molar-refractivity contribution in [3.05, 3.63) is 0 Å². The molecule has 1 aliphatic rings. The molecule has 0 radical (unpaired) electrons. The molecule has 0 saturated heterocycles. The Morgan fingerprint density at radius 2 is 1.94 bits per heavy atom. The first-order chi connectivity index (χ1) is 8.46. The SMILES string of the molecule is CC1CC(C)(C)CCC1(CN)NCCCCCO. The van der Waals surface area contributed by atoms with E-state index in [1.807, 2.05) is 0 Å². The molecular weight excluding hydrogens is 224 g/mol. The van der Waals surface area contributed by atoms with Crippen molar-refractivity contribution in [2.45, 2.75) is 64.8 Å². The Hall–Kier alpha value is -0.120. The summed E-state index contributed by atoms with van der Waals surface area (Å²) in [5.74, 6) is 0.643. The summed E-state index contributed by atoms with van der Waals surface area (Å²) in [5, 5.41) is 12.5. The van der Waals surface area contributed by atoms with Gasteiger partial charge in [0.25, 0.3) is 0 Å². The summed E-state index contributed by atoms with van der Waals surface area (Å²) in [7, 11) is 0. The maximum absolute atomic E-state index is 8.77. The third-order valence-electron chi connectivity index (χ3n) is 4.73. The number of unbranched alkanes of at least 4 members (excludes halogenated alkanes) is 2. The summed E-state index contributed by atoms with van der Waals surface area (Å²) in [4.78, 5) is 0. The first kappa shape index (κ1) is 15.9. The highest BCUT2D eigenvalue weighted by atomic mass is 16.2. The maximum Gasteiger partial charge on any atom is 0.0431 e. The predicted octanol–water partition coefficient (Wildman–Crippen LogP) is 2.28. The molecule has 0 aromatic rings. The molecule has 0 aliphatic heterocycles. The maximum atomic E-state index is 8.77. The minimum Gasteiger partial charge on any atom is -0.396 e. The lowest BCUT2D eigenvalue weighted by molar-refractivity contribution is 0.0787. The molecule has 0 amide bonds. The van der Waals surface area contributed by atoms with Gasteiger partial charge in [0.2, 0.25) is 0 Å². The van der Waals surface area contributed by atoms with E-state index in [1.54, 1.807) is 0 Å². The van der Waals surface area contributed by atoms with Crippen molar-refractivity contribution in [2.24, 2.45) is 17.1 Å². The lowest BCUT2D eigenvalue weighted by atomic mass is 9.64. The van der Waals surface area contributed by atoms with Gasteiger partial charge in [-0.1, -0.05) is 20.8 Å². The quantitative estimate of drug-likeness (QED) is 0.613. The van der Waals surface area contributed by atoms with Crippen molar-refractivity contribution >= 4 is 0 Å². The van der Waals surface area contributed by atoms with E-state index in [1.165, 1.54) is 19.3 Å². The number of hydrogen-bond donors (Lipinski definition) is 3. The molecule has 1 saturated carbocycles. The Bertz CT molecular complexity index is 243. The second-order valence-corrected chi connectivity index (χ2v) is 6.84. The normalized spacial score (nSPS) is 31.5. The minimum atomic E-state index is 0.148. The number of nitrogens with one attached hydrogen (secondary N) is 1. The average molecular weight is 256 g/mol. The zero-order chi connectivity index (χ0) is 13.6. The summed E-state index contributed by atoms with van der Waals surface area (Å²) >= 11 is 0. The number of nitrogens with two attached hydrogens (primary N) is 1. The highest BCUT2D eigenvalue weighted by Gasteiger charge is 2.42. The van der Waals surface area contributed by atoms with Crippen LogP contribution in [0.1, 0.15) is 59.3 Å². The number of hydrogen-bond acceptors (Lipinski definition) is 3. The van der Waals surface area contributed by atoms with E-state index < -0.39 is 0 Å². The van der Waals surface area contributed by atoms with E-state index in [2.05, 4.69) is 26.1 Å². The van der Waals surface area contributed by atoms with Crippen LogP contribution in [-0.2, 0) is 0 Å². The molecule has 2 atom stereocenters. The minimum absolute atomic E-state index is 0.148. The molecule has 1 fully saturated rings. The summed E-state index contributed by atoms with van der Waals surface area (Å²) < 4.78 is 0. The van der Waals surface area contributed by atoms with Crippen molar-refractivity contribution in [1.29, 1.82) is 0 Å². The molecule has 0 spiro atoms. The van der Waals surface area contributed by atoms with E-state index in [4.69, 9.17) is 10.8 Å². The molecule has 4 N–H and O–H groups in total. The third-order valence-corrected chi connectivity index (χ3v) is 4.73. The van der Waals surface area contributed by atoms with Gasteiger partial charge in [-0.3, -0.25) is 0 Å². The molecule has 2 unspecified atom stereocenters. The molecule has 18 heavy (non-hydrogen) atoms. The summed E-state index contributed by atoms with van der Waals surface area (Å²) in [5.41, 5.74) is 6.67. The molecule has 3 heteroatoms.